The van der Waals surface area contributed by atoms with Crippen molar-refractivity contribution >= 4 is 23.9 Å². The maximum absolute atomic E-state index is 10.5. The van der Waals surface area contributed by atoms with Gasteiger partial charge in [-0.2, -0.15) is 0 Å². The minimum Gasteiger partial charge on any atom is -0.328 e. The molecule has 92 valence electrons. The summed E-state index contributed by atoms with van der Waals surface area (Å²) in [5, 5.41) is 2.72. The average molecular weight is 257 g/mol. The van der Waals surface area contributed by atoms with Crippen LogP contribution in [-0.2, 0) is 10.5 Å². The normalized spacial score (nSPS) is 10.1. The van der Waals surface area contributed by atoms with Crippen molar-refractivity contribution < 1.29 is 4.79 Å². The summed E-state index contributed by atoms with van der Waals surface area (Å²) in [6.07, 6.45) is 0.714. The number of aryl methyl sites for hydroxylation is 1. The maximum Gasteiger partial charge on any atom is 0.211 e. The highest BCUT2D eigenvalue weighted by Crippen LogP contribution is 2.29. The molecule has 2 aromatic carbocycles. The molecule has 0 heterocycles. The van der Waals surface area contributed by atoms with Gasteiger partial charge in [0.25, 0.3) is 0 Å². The molecule has 0 radical (unpaired) electrons. The molecule has 2 rings (SSSR count). The topological polar surface area (TPSA) is 29.1 Å². The summed E-state index contributed by atoms with van der Waals surface area (Å²) in [7, 11) is 0. The number of hydrogen-bond donors (Lipinski definition) is 1. The zero-order chi connectivity index (χ0) is 12.8. The van der Waals surface area contributed by atoms with Crippen LogP contribution < -0.4 is 5.32 Å². The molecular weight excluding hydrogens is 242 g/mol. The summed E-state index contributed by atoms with van der Waals surface area (Å²) in [6.45, 7) is 2.08. The number of rotatable bonds is 5. The third kappa shape index (κ3) is 3.37. The van der Waals surface area contributed by atoms with Gasteiger partial charge in [-0.05, 0) is 24.6 Å². The molecule has 0 aliphatic carbocycles. The first-order valence-electron chi connectivity index (χ1n) is 5.77. The molecule has 0 aromatic heterocycles. The quantitative estimate of drug-likeness (QED) is 0.651. The van der Waals surface area contributed by atoms with Gasteiger partial charge in [-0.3, -0.25) is 4.79 Å². The molecule has 0 unspecified atom stereocenters. The van der Waals surface area contributed by atoms with Crippen LogP contribution in [0.5, 0.6) is 0 Å². The minimum atomic E-state index is 0.714. The molecule has 0 atom stereocenters. The van der Waals surface area contributed by atoms with Crippen LogP contribution in [0.25, 0.3) is 0 Å². The number of nitrogens with one attached hydrogen (secondary N) is 1. The van der Waals surface area contributed by atoms with Crippen LogP contribution in [0, 0.1) is 6.92 Å². The summed E-state index contributed by atoms with van der Waals surface area (Å²) in [6, 6.07) is 16.3. The lowest BCUT2D eigenvalue weighted by Crippen LogP contribution is -1.95. The van der Waals surface area contributed by atoms with E-state index in [1.165, 1.54) is 11.1 Å². The molecule has 0 saturated heterocycles. The fraction of sp³-hybridized carbons (Fsp3) is 0.133. The maximum atomic E-state index is 10.5. The Labute approximate surface area is 111 Å². The summed E-state index contributed by atoms with van der Waals surface area (Å²) < 4.78 is 0. The number of carbonyl (C=O) groups is 1. The Kier molecular flexibility index (Phi) is 4.42. The summed E-state index contributed by atoms with van der Waals surface area (Å²) in [5.74, 6) is 0.901. The predicted molar refractivity (Wildman–Crippen MR) is 76.9 cm³/mol. The largest absolute Gasteiger partial charge is 0.328 e. The second kappa shape index (κ2) is 6.26. The van der Waals surface area contributed by atoms with Gasteiger partial charge in [0.15, 0.2) is 0 Å². The molecule has 0 saturated carbocycles. The number of anilines is 1. The minimum absolute atomic E-state index is 0.714. The van der Waals surface area contributed by atoms with Crippen molar-refractivity contribution in [2.75, 3.05) is 5.32 Å². The van der Waals surface area contributed by atoms with E-state index in [9.17, 15) is 4.79 Å². The van der Waals surface area contributed by atoms with Gasteiger partial charge in [-0.25, -0.2) is 0 Å². The monoisotopic (exact) mass is 257 g/mol. The second-order valence-electron chi connectivity index (χ2n) is 4.03. The van der Waals surface area contributed by atoms with Crippen LogP contribution in [0.4, 0.5) is 5.69 Å². The lowest BCUT2D eigenvalue weighted by molar-refractivity contribution is -0.105. The van der Waals surface area contributed by atoms with E-state index in [-0.39, 0.29) is 0 Å². The van der Waals surface area contributed by atoms with Crippen molar-refractivity contribution in [3.63, 3.8) is 0 Å². The second-order valence-corrected chi connectivity index (χ2v) is 5.05. The fourth-order valence-electron chi connectivity index (χ4n) is 1.62. The van der Waals surface area contributed by atoms with E-state index < -0.39 is 0 Å². The van der Waals surface area contributed by atoms with E-state index >= 15 is 0 Å². The van der Waals surface area contributed by atoms with Crippen LogP contribution in [0.2, 0.25) is 0 Å². The van der Waals surface area contributed by atoms with E-state index in [2.05, 4.69) is 36.5 Å². The molecule has 2 nitrogen and oxygen atoms in total. The van der Waals surface area contributed by atoms with Crippen LogP contribution in [0.15, 0.2) is 53.4 Å². The Morgan fingerprint density at radius 2 is 1.83 bits per heavy atom. The molecule has 0 fully saturated rings. The third-order valence-corrected chi connectivity index (χ3v) is 3.76. The number of carbonyl (C=O) groups excluding carboxylic acids is 1. The highest BCUT2D eigenvalue weighted by atomic mass is 32.2. The third-order valence-electron chi connectivity index (χ3n) is 2.62. The zero-order valence-electron chi connectivity index (χ0n) is 10.2. The number of benzene rings is 2. The van der Waals surface area contributed by atoms with Gasteiger partial charge in [0.05, 0.1) is 5.69 Å². The SMILES string of the molecule is Cc1ccc(CSc2ccccc2NC=O)cc1. The Morgan fingerprint density at radius 3 is 2.56 bits per heavy atom. The number of amides is 1. The summed E-state index contributed by atoms with van der Waals surface area (Å²) in [4.78, 5) is 11.6. The van der Waals surface area contributed by atoms with Crippen molar-refractivity contribution in [2.45, 2.75) is 17.6 Å². The van der Waals surface area contributed by atoms with Crippen LogP contribution in [-0.4, -0.2) is 6.41 Å². The van der Waals surface area contributed by atoms with E-state index in [0.29, 0.717) is 6.41 Å². The lowest BCUT2D eigenvalue weighted by Gasteiger charge is -2.07. The molecule has 0 aliphatic rings. The van der Waals surface area contributed by atoms with Crippen molar-refractivity contribution in [1.82, 2.24) is 0 Å². The average Bonchev–Trinajstić information content (AvgIpc) is 2.40. The molecule has 1 N–H and O–H groups in total. The Balaban J connectivity index is 2.05. The highest BCUT2D eigenvalue weighted by Gasteiger charge is 2.02. The van der Waals surface area contributed by atoms with Crippen LogP contribution in [0.3, 0.4) is 0 Å². The zero-order valence-corrected chi connectivity index (χ0v) is 11.0. The van der Waals surface area contributed by atoms with E-state index in [1.807, 2.05) is 24.3 Å². The van der Waals surface area contributed by atoms with Crippen LogP contribution in [0.1, 0.15) is 11.1 Å². The van der Waals surface area contributed by atoms with Gasteiger partial charge in [-0.15, -0.1) is 11.8 Å². The molecule has 3 heteroatoms. The number of thioether (sulfide) groups is 1. The van der Waals surface area contributed by atoms with Gasteiger partial charge in [-0.1, -0.05) is 42.0 Å². The molecular formula is C15H15NOS. The Morgan fingerprint density at radius 1 is 1.11 bits per heavy atom. The van der Waals surface area contributed by atoms with Crippen LogP contribution >= 0.6 is 11.8 Å². The first kappa shape index (κ1) is 12.7. The van der Waals surface area contributed by atoms with Crippen molar-refractivity contribution in [2.24, 2.45) is 0 Å². The number of para-hydroxylation sites is 1. The predicted octanol–water partition coefficient (Wildman–Crippen LogP) is 3.86. The molecule has 0 aliphatic heterocycles. The number of hydrogen-bond acceptors (Lipinski definition) is 2. The first-order chi connectivity index (χ1) is 8.79. The lowest BCUT2D eigenvalue weighted by atomic mass is 10.2. The van der Waals surface area contributed by atoms with Crippen molar-refractivity contribution in [3.8, 4) is 0 Å². The Bertz CT molecular complexity index is 522. The van der Waals surface area contributed by atoms with E-state index in [0.717, 1.165) is 16.3 Å². The first-order valence-corrected chi connectivity index (χ1v) is 6.76. The van der Waals surface area contributed by atoms with Gasteiger partial charge in [0.1, 0.15) is 0 Å². The summed E-state index contributed by atoms with van der Waals surface area (Å²) >= 11 is 1.72. The van der Waals surface area contributed by atoms with Gasteiger partial charge in [0.2, 0.25) is 6.41 Å². The smallest absolute Gasteiger partial charge is 0.211 e. The van der Waals surface area contributed by atoms with Gasteiger partial charge in [0, 0.05) is 10.6 Å². The molecule has 0 bridgehead atoms. The van der Waals surface area contributed by atoms with Crippen molar-refractivity contribution in [1.29, 1.82) is 0 Å². The molecule has 0 spiro atoms. The molecule has 2 aromatic rings. The highest BCUT2D eigenvalue weighted by molar-refractivity contribution is 7.98. The standard InChI is InChI=1S/C15H15NOS/c1-12-6-8-13(9-7-12)10-18-15-5-3-2-4-14(15)16-11-17/h2-9,11H,10H2,1H3,(H,16,17). The van der Waals surface area contributed by atoms with E-state index in [4.69, 9.17) is 0 Å². The Hall–Kier alpha value is -1.74. The molecule has 18 heavy (non-hydrogen) atoms. The van der Waals surface area contributed by atoms with Gasteiger partial charge < -0.3 is 5.32 Å². The summed E-state index contributed by atoms with van der Waals surface area (Å²) in [5.41, 5.74) is 3.42. The van der Waals surface area contributed by atoms with E-state index in [1.54, 1.807) is 11.8 Å². The fourth-order valence-corrected chi connectivity index (χ4v) is 2.59. The van der Waals surface area contributed by atoms with Crippen molar-refractivity contribution in [3.05, 3.63) is 59.7 Å². The van der Waals surface area contributed by atoms with Gasteiger partial charge >= 0.3 is 0 Å². The molecule has 1 amide bonds.